The summed E-state index contributed by atoms with van der Waals surface area (Å²) < 4.78 is 27.7. The molecule has 0 spiro atoms. The van der Waals surface area contributed by atoms with Crippen molar-refractivity contribution in [2.75, 3.05) is 26.8 Å². The third kappa shape index (κ3) is 10.6. The molecule has 0 atom stereocenters. The Labute approximate surface area is 240 Å². The van der Waals surface area contributed by atoms with Gasteiger partial charge in [-0.2, -0.15) is 0 Å². The Bertz CT molecular complexity index is 1240. The van der Waals surface area contributed by atoms with Gasteiger partial charge in [0.1, 0.15) is 17.2 Å². The van der Waals surface area contributed by atoms with Crippen LogP contribution in [0.2, 0.25) is 0 Å². The number of aliphatic hydroxyl groups excluding tert-OH is 1. The number of aromatic nitrogens is 1. The minimum Gasteiger partial charge on any atom is -0.484 e. The summed E-state index contributed by atoms with van der Waals surface area (Å²) in [4.78, 5) is 26.7. The van der Waals surface area contributed by atoms with Gasteiger partial charge in [0.2, 0.25) is 0 Å². The summed E-state index contributed by atoms with van der Waals surface area (Å²) in [7, 11) is 1.65. The largest absolute Gasteiger partial charge is 0.484 e. The Hall–Kier alpha value is -3.50. The number of carbonyl (C=O) groups is 2. The molecule has 8 nitrogen and oxygen atoms in total. The highest BCUT2D eigenvalue weighted by atomic mass is 32.2. The van der Waals surface area contributed by atoms with Crippen molar-refractivity contribution < 1.29 is 28.6 Å². The summed E-state index contributed by atoms with van der Waals surface area (Å²) in [5.41, 5.74) is 1.25. The van der Waals surface area contributed by atoms with Crippen LogP contribution in [0, 0.1) is 5.82 Å². The molecule has 2 aromatic carbocycles. The van der Waals surface area contributed by atoms with Crippen molar-refractivity contribution in [1.29, 1.82) is 0 Å². The standard InChI is InChI=1S/C28H34FN3O5S.C2H6/c1-28(2,3)37-27(35)31(4)17-20-15-25(23-11-5-6-12-24(23)29)32(18-20)38-22-10-7-9-21(16-22)36-19-26(34)30-13-8-14-33;1-2/h5-7,9-12,15-16,18,33H,8,13-14,17,19H2,1-4H3,(H,30,34);1-2H3. The van der Waals surface area contributed by atoms with E-state index >= 15 is 0 Å². The molecule has 0 bridgehead atoms. The van der Waals surface area contributed by atoms with E-state index in [9.17, 15) is 14.0 Å². The molecule has 3 rings (SSSR count). The zero-order valence-electron chi connectivity index (χ0n) is 24.1. The third-order valence-electron chi connectivity index (χ3n) is 5.15. The topological polar surface area (TPSA) is 93.0 Å². The van der Waals surface area contributed by atoms with Crippen molar-refractivity contribution in [1.82, 2.24) is 14.2 Å². The number of nitrogens with zero attached hydrogens (tertiary/aromatic N) is 2. The molecule has 0 aliphatic carbocycles. The molecule has 0 aliphatic rings. The number of benzene rings is 2. The van der Waals surface area contributed by atoms with Crippen LogP contribution in [0.15, 0.2) is 65.7 Å². The summed E-state index contributed by atoms with van der Waals surface area (Å²) in [5, 5.41) is 11.5. The Morgan fingerprint density at radius 3 is 2.50 bits per heavy atom. The second-order valence-corrected chi connectivity index (χ2v) is 10.7. The number of hydrogen-bond acceptors (Lipinski definition) is 6. The summed E-state index contributed by atoms with van der Waals surface area (Å²) in [6.07, 6.45) is 1.89. The van der Waals surface area contributed by atoms with Crippen LogP contribution in [-0.4, -0.2) is 58.4 Å². The predicted molar refractivity (Wildman–Crippen MR) is 157 cm³/mol. The smallest absolute Gasteiger partial charge is 0.410 e. The lowest BCUT2D eigenvalue weighted by atomic mass is 10.1. The van der Waals surface area contributed by atoms with Crippen molar-refractivity contribution in [2.24, 2.45) is 0 Å². The first-order chi connectivity index (χ1) is 19.1. The van der Waals surface area contributed by atoms with Gasteiger partial charge in [0.05, 0.1) is 12.2 Å². The van der Waals surface area contributed by atoms with Gasteiger partial charge < -0.3 is 24.8 Å². The summed E-state index contributed by atoms with van der Waals surface area (Å²) >= 11 is 1.36. The van der Waals surface area contributed by atoms with Gasteiger partial charge in [0, 0.05) is 36.9 Å². The zero-order chi connectivity index (χ0) is 29.7. The van der Waals surface area contributed by atoms with Crippen LogP contribution >= 0.6 is 11.9 Å². The van der Waals surface area contributed by atoms with Crippen molar-refractivity contribution in [3.8, 4) is 17.0 Å². The summed E-state index contributed by atoms with van der Waals surface area (Å²) in [6, 6.07) is 15.6. The highest BCUT2D eigenvalue weighted by Gasteiger charge is 2.21. The van der Waals surface area contributed by atoms with Crippen molar-refractivity contribution in [3.05, 3.63) is 72.2 Å². The Balaban J connectivity index is 0.00000274. The van der Waals surface area contributed by atoms with Crippen molar-refractivity contribution >= 4 is 23.9 Å². The molecule has 0 fully saturated rings. The first-order valence-electron chi connectivity index (χ1n) is 13.2. The molecular formula is C30H40FN3O5S. The number of rotatable bonds is 11. The molecule has 2 amide bonds. The monoisotopic (exact) mass is 573 g/mol. The predicted octanol–water partition coefficient (Wildman–Crippen LogP) is 6.12. The zero-order valence-corrected chi connectivity index (χ0v) is 24.9. The average molecular weight is 574 g/mol. The van der Waals surface area contributed by atoms with Crippen molar-refractivity contribution in [3.63, 3.8) is 0 Å². The van der Waals surface area contributed by atoms with E-state index in [2.05, 4.69) is 5.32 Å². The number of ether oxygens (including phenoxy) is 2. The molecule has 10 heteroatoms. The van der Waals surface area contributed by atoms with Gasteiger partial charge in [-0.1, -0.05) is 32.0 Å². The van der Waals surface area contributed by atoms with Gasteiger partial charge >= 0.3 is 6.09 Å². The molecule has 3 aromatic rings. The molecule has 0 radical (unpaired) electrons. The molecule has 0 aliphatic heterocycles. The fraction of sp³-hybridized carbons (Fsp3) is 0.400. The van der Waals surface area contributed by atoms with Gasteiger partial charge in [-0.25, -0.2) is 9.18 Å². The molecule has 1 aromatic heterocycles. The Morgan fingerprint density at radius 2 is 1.82 bits per heavy atom. The van der Waals surface area contributed by atoms with Crippen molar-refractivity contribution in [2.45, 2.75) is 58.1 Å². The second kappa shape index (κ2) is 15.9. The maximum Gasteiger partial charge on any atom is 0.410 e. The normalized spacial score (nSPS) is 10.8. The number of nitrogens with one attached hydrogen (secondary N) is 1. The summed E-state index contributed by atoms with van der Waals surface area (Å²) in [5.74, 6) is -0.122. The quantitative estimate of drug-likeness (QED) is 0.269. The highest BCUT2D eigenvalue weighted by molar-refractivity contribution is 7.98. The SMILES string of the molecule is CC.CN(Cc1cc(-c2ccccc2F)n(Sc2cccc(OCC(=O)NCCCO)c2)c1)C(=O)OC(C)(C)C. The second-order valence-electron chi connectivity index (χ2n) is 9.66. The fourth-order valence-electron chi connectivity index (χ4n) is 3.44. The van der Waals surface area contributed by atoms with E-state index in [0.29, 0.717) is 30.0 Å². The lowest BCUT2D eigenvalue weighted by Crippen LogP contribution is -2.33. The number of halogens is 1. The lowest BCUT2D eigenvalue weighted by Gasteiger charge is -2.24. The van der Waals surface area contributed by atoms with E-state index in [1.54, 1.807) is 37.4 Å². The number of aliphatic hydroxyl groups is 1. The first-order valence-corrected chi connectivity index (χ1v) is 14.0. The minimum absolute atomic E-state index is 0.00761. The minimum atomic E-state index is -0.612. The maximum atomic E-state index is 14.8. The van der Waals surface area contributed by atoms with Crippen LogP contribution in [0.1, 0.15) is 46.6 Å². The lowest BCUT2D eigenvalue weighted by molar-refractivity contribution is -0.123. The van der Waals surface area contributed by atoms with Crippen LogP contribution in [0.3, 0.4) is 0 Å². The molecular weight excluding hydrogens is 533 g/mol. The van der Waals surface area contributed by atoms with E-state index < -0.39 is 11.7 Å². The maximum absolute atomic E-state index is 14.8. The number of carbonyl (C=O) groups excluding carboxylic acids is 2. The van der Waals surface area contributed by atoms with E-state index in [0.717, 1.165) is 10.5 Å². The van der Waals surface area contributed by atoms with Gasteiger partial charge in [-0.15, -0.1) is 0 Å². The van der Waals surface area contributed by atoms with Crippen LogP contribution in [0.4, 0.5) is 9.18 Å². The molecule has 2 N–H and O–H groups in total. The molecule has 0 saturated carbocycles. The van der Waals surface area contributed by atoms with E-state index in [-0.39, 0.29) is 31.5 Å². The van der Waals surface area contributed by atoms with E-state index in [4.69, 9.17) is 14.6 Å². The molecule has 1 heterocycles. The van der Waals surface area contributed by atoms with Gasteiger partial charge in [-0.3, -0.25) is 8.77 Å². The van der Waals surface area contributed by atoms with Gasteiger partial charge in [0.25, 0.3) is 5.91 Å². The van der Waals surface area contributed by atoms with Crippen LogP contribution < -0.4 is 10.1 Å². The molecule has 218 valence electrons. The number of amides is 2. The van der Waals surface area contributed by atoms with Crippen LogP contribution in [0.25, 0.3) is 11.3 Å². The highest BCUT2D eigenvalue weighted by Crippen LogP contribution is 2.33. The fourth-order valence-corrected chi connectivity index (χ4v) is 4.42. The van der Waals surface area contributed by atoms with Gasteiger partial charge in [-0.05, 0) is 81.1 Å². The van der Waals surface area contributed by atoms with E-state index in [1.165, 1.54) is 22.9 Å². The third-order valence-corrected chi connectivity index (χ3v) is 6.12. The molecule has 0 saturated heterocycles. The molecule has 40 heavy (non-hydrogen) atoms. The Morgan fingerprint density at radius 1 is 1.10 bits per heavy atom. The number of hydrogen-bond donors (Lipinski definition) is 2. The Kier molecular flexibility index (Phi) is 13.0. The average Bonchev–Trinajstić information content (AvgIpc) is 3.29. The molecule has 0 unspecified atom stereocenters. The van der Waals surface area contributed by atoms with Gasteiger partial charge in [0.15, 0.2) is 6.61 Å². The summed E-state index contributed by atoms with van der Waals surface area (Å²) in [6.45, 7) is 9.94. The van der Waals surface area contributed by atoms with E-state index in [1.807, 2.05) is 63.0 Å². The first kappa shape index (κ1) is 32.7. The van der Waals surface area contributed by atoms with Crippen LogP contribution in [-0.2, 0) is 16.1 Å². The van der Waals surface area contributed by atoms with Crippen LogP contribution in [0.5, 0.6) is 5.75 Å².